The van der Waals surface area contributed by atoms with Gasteiger partial charge in [0.05, 0.1) is 5.75 Å². The summed E-state index contributed by atoms with van der Waals surface area (Å²) in [5, 5.41) is 2.87. The van der Waals surface area contributed by atoms with Gasteiger partial charge in [-0.3, -0.25) is 4.79 Å². The van der Waals surface area contributed by atoms with Crippen molar-refractivity contribution in [1.29, 1.82) is 0 Å². The molecule has 1 amide bonds. The molecule has 1 atom stereocenters. The molecule has 0 aromatic heterocycles. The van der Waals surface area contributed by atoms with Crippen LogP contribution in [0.15, 0.2) is 54.6 Å². The molecule has 1 N–H and O–H groups in total. The van der Waals surface area contributed by atoms with E-state index in [0.717, 1.165) is 16.7 Å². The summed E-state index contributed by atoms with van der Waals surface area (Å²) in [4.78, 5) is 12.6. The van der Waals surface area contributed by atoms with Crippen LogP contribution < -0.4 is 5.32 Å². The van der Waals surface area contributed by atoms with E-state index in [-0.39, 0.29) is 11.7 Å². The van der Waals surface area contributed by atoms with Crippen molar-refractivity contribution < 1.29 is 13.2 Å². The predicted molar refractivity (Wildman–Crippen MR) is 102 cm³/mol. The van der Waals surface area contributed by atoms with E-state index in [1.165, 1.54) is 4.31 Å². The van der Waals surface area contributed by atoms with Gasteiger partial charge in [-0.15, -0.1) is 0 Å². The number of rotatable bonds is 6. The molecule has 0 aliphatic carbocycles. The third-order valence-electron chi connectivity index (χ3n) is 4.64. The third-order valence-corrected chi connectivity index (χ3v) is 6.49. The fourth-order valence-corrected chi connectivity index (χ4v) is 4.99. The molecule has 1 aliphatic rings. The van der Waals surface area contributed by atoms with E-state index in [1.54, 1.807) is 0 Å². The maximum atomic E-state index is 12.8. The maximum absolute atomic E-state index is 12.8. The SMILES string of the molecule is Cc1ccc(CS(=O)(=O)N2CCC[C@@H]2C(=O)NCc2ccccc2)cc1. The highest BCUT2D eigenvalue weighted by Gasteiger charge is 2.38. The Labute approximate surface area is 155 Å². The van der Waals surface area contributed by atoms with Crippen molar-refractivity contribution in [1.82, 2.24) is 9.62 Å². The van der Waals surface area contributed by atoms with Crippen molar-refractivity contribution in [2.75, 3.05) is 6.54 Å². The lowest BCUT2D eigenvalue weighted by Gasteiger charge is -2.23. The zero-order valence-electron chi connectivity index (χ0n) is 14.9. The normalized spacial score (nSPS) is 18.0. The molecule has 1 aliphatic heterocycles. The fourth-order valence-electron chi connectivity index (χ4n) is 3.22. The van der Waals surface area contributed by atoms with Gasteiger partial charge in [-0.05, 0) is 30.9 Å². The van der Waals surface area contributed by atoms with Gasteiger partial charge in [0.25, 0.3) is 0 Å². The zero-order chi connectivity index (χ0) is 18.6. The fraction of sp³-hybridized carbons (Fsp3) is 0.350. The number of sulfonamides is 1. The topological polar surface area (TPSA) is 66.5 Å². The van der Waals surface area contributed by atoms with Crippen molar-refractivity contribution in [3.05, 3.63) is 71.3 Å². The Morgan fingerprint density at radius 1 is 1.08 bits per heavy atom. The first-order chi connectivity index (χ1) is 12.5. The number of hydrogen-bond donors (Lipinski definition) is 1. The number of nitrogens with zero attached hydrogens (tertiary/aromatic N) is 1. The number of benzene rings is 2. The van der Waals surface area contributed by atoms with Gasteiger partial charge in [0.2, 0.25) is 15.9 Å². The summed E-state index contributed by atoms with van der Waals surface area (Å²) in [6.45, 7) is 2.77. The van der Waals surface area contributed by atoms with E-state index in [1.807, 2.05) is 61.5 Å². The molecule has 1 fully saturated rings. The molecule has 26 heavy (non-hydrogen) atoms. The Kier molecular flexibility index (Phi) is 5.74. The molecular weight excluding hydrogens is 348 g/mol. The highest BCUT2D eigenvalue weighted by atomic mass is 32.2. The molecular formula is C20H24N2O3S. The molecule has 0 unspecified atom stereocenters. The Hall–Kier alpha value is -2.18. The van der Waals surface area contributed by atoms with E-state index < -0.39 is 16.1 Å². The van der Waals surface area contributed by atoms with Gasteiger partial charge in [-0.25, -0.2) is 8.42 Å². The molecule has 3 rings (SSSR count). The van der Waals surface area contributed by atoms with Gasteiger partial charge in [-0.2, -0.15) is 4.31 Å². The molecule has 6 heteroatoms. The molecule has 0 bridgehead atoms. The number of nitrogens with one attached hydrogen (secondary N) is 1. The minimum atomic E-state index is -3.53. The molecule has 5 nitrogen and oxygen atoms in total. The van der Waals surface area contributed by atoms with E-state index in [2.05, 4.69) is 5.32 Å². The number of carbonyl (C=O) groups is 1. The molecule has 2 aromatic rings. The molecule has 1 saturated heterocycles. The molecule has 138 valence electrons. The van der Waals surface area contributed by atoms with Gasteiger partial charge >= 0.3 is 0 Å². The van der Waals surface area contributed by atoms with Gasteiger partial charge in [0.1, 0.15) is 6.04 Å². The highest BCUT2D eigenvalue weighted by molar-refractivity contribution is 7.88. The largest absolute Gasteiger partial charge is 0.351 e. The van der Waals surface area contributed by atoms with Crippen molar-refractivity contribution in [2.24, 2.45) is 0 Å². The van der Waals surface area contributed by atoms with E-state index in [4.69, 9.17) is 0 Å². The van der Waals surface area contributed by atoms with Crippen molar-refractivity contribution in [2.45, 2.75) is 38.1 Å². The monoisotopic (exact) mass is 372 g/mol. The van der Waals surface area contributed by atoms with Crippen LogP contribution in [0.1, 0.15) is 29.5 Å². The molecule has 1 heterocycles. The number of aryl methyl sites for hydroxylation is 1. The third kappa shape index (κ3) is 4.51. The number of hydrogen-bond acceptors (Lipinski definition) is 3. The van der Waals surface area contributed by atoms with Crippen LogP contribution in [0.25, 0.3) is 0 Å². The van der Waals surface area contributed by atoms with Gasteiger partial charge in [-0.1, -0.05) is 60.2 Å². The summed E-state index contributed by atoms with van der Waals surface area (Å²) in [6.07, 6.45) is 1.27. The Morgan fingerprint density at radius 3 is 2.46 bits per heavy atom. The summed E-state index contributed by atoms with van der Waals surface area (Å²) in [5.41, 5.74) is 2.82. The first kappa shape index (κ1) is 18.6. The Bertz CT molecular complexity index is 848. The van der Waals surface area contributed by atoms with E-state index >= 15 is 0 Å². The van der Waals surface area contributed by atoms with Crippen LogP contribution in [0.3, 0.4) is 0 Å². The Balaban J connectivity index is 1.66. The van der Waals surface area contributed by atoms with Crippen molar-refractivity contribution in [3.8, 4) is 0 Å². The zero-order valence-corrected chi connectivity index (χ0v) is 15.7. The lowest BCUT2D eigenvalue weighted by Crippen LogP contribution is -2.46. The summed E-state index contributed by atoms with van der Waals surface area (Å²) in [7, 11) is -3.53. The number of amides is 1. The molecule has 0 radical (unpaired) electrons. The molecule has 0 spiro atoms. The molecule has 2 aromatic carbocycles. The summed E-state index contributed by atoms with van der Waals surface area (Å²) in [5.74, 6) is -0.297. The van der Waals surface area contributed by atoms with Crippen LogP contribution in [0.4, 0.5) is 0 Å². The minimum absolute atomic E-state index is 0.0737. The molecule has 0 saturated carbocycles. The maximum Gasteiger partial charge on any atom is 0.238 e. The highest BCUT2D eigenvalue weighted by Crippen LogP contribution is 2.24. The van der Waals surface area contributed by atoms with E-state index in [0.29, 0.717) is 25.9 Å². The van der Waals surface area contributed by atoms with Crippen LogP contribution in [0.2, 0.25) is 0 Å². The lowest BCUT2D eigenvalue weighted by molar-refractivity contribution is -0.124. The predicted octanol–water partition coefficient (Wildman–Crippen LogP) is 2.61. The van der Waals surface area contributed by atoms with Crippen molar-refractivity contribution >= 4 is 15.9 Å². The first-order valence-corrected chi connectivity index (χ1v) is 10.4. The van der Waals surface area contributed by atoms with Gasteiger partial charge in [0.15, 0.2) is 0 Å². The van der Waals surface area contributed by atoms with Crippen molar-refractivity contribution in [3.63, 3.8) is 0 Å². The Morgan fingerprint density at radius 2 is 1.77 bits per heavy atom. The second-order valence-electron chi connectivity index (χ2n) is 6.71. The van der Waals surface area contributed by atoms with E-state index in [9.17, 15) is 13.2 Å². The van der Waals surface area contributed by atoms with Crippen LogP contribution >= 0.6 is 0 Å². The first-order valence-electron chi connectivity index (χ1n) is 8.82. The standard InChI is InChI=1S/C20H24N2O3S/c1-16-9-11-18(12-10-16)15-26(24,25)22-13-5-8-19(22)20(23)21-14-17-6-3-2-4-7-17/h2-4,6-7,9-12,19H,5,8,13-15H2,1H3,(H,21,23)/t19-/m1/s1. The lowest BCUT2D eigenvalue weighted by atomic mass is 10.2. The second-order valence-corrected chi connectivity index (χ2v) is 8.64. The van der Waals surface area contributed by atoms with Crippen LogP contribution in [-0.2, 0) is 27.1 Å². The summed E-state index contributed by atoms with van der Waals surface area (Å²) in [6, 6.07) is 16.4. The average molecular weight is 372 g/mol. The average Bonchev–Trinajstić information content (AvgIpc) is 3.13. The van der Waals surface area contributed by atoms with Crippen LogP contribution in [0, 0.1) is 6.92 Å². The second kappa shape index (κ2) is 8.01. The van der Waals surface area contributed by atoms with Crippen LogP contribution in [0.5, 0.6) is 0 Å². The van der Waals surface area contributed by atoms with Gasteiger partial charge in [0, 0.05) is 13.1 Å². The van der Waals surface area contributed by atoms with Crippen LogP contribution in [-0.4, -0.2) is 31.2 Å². The number of carbonyl (C=O) groups excluding carboxylic acids is 1. The summed E-state index contributed by atoms with van der Waals surface area (Å²) < 4.78 is 27.0. The smallest absolute Gasteiger partial charge is 0.238 e. The minimum Gasteiger partial charge on any atom is -0.351 e. The quantitative estimate of drug-likeness (QED) is 0.848. The van der Waals surface area contributed by atoms with Gasteiger partial charge < -0.3 is 5.32 Å². The summed E-state index contributed by atoms with van der Waals surface area (Å²) >= 11 is 0.